The molecule has 0 saturated carbocycles. The van der Waals surface area contributed by atoms with Crippen LogP contribution >= 0.6 is 0 Å². The van der Waals surface area contributed by atoms with Crippen molar-refractivity contribution < 1.29 is 18.4 Å². The lowest BCUT2D eigenvalue weighted by atomic mass is 9.94. The topological polar surface area (TPSA) is 49.4 Å². The summed E-state index contributed by atoms with van der Waals surface area (Å²) < 4.78 is 27.6. The fraction of sp³-hybridized carbons (Fsp3) is 0.429. The zero-order valence-corrected chi connectivity index (χ0v) is 11.6. The van der Waals surface area contributed by atoms with Crippen LogP contribution in [0.1, 0.15) is 25.8 Å². The van der Waals surface area contributed by atoms with Crippen molar-refractivity contribution in [1.29, 1.82) is 0 Å². The lowest BCUT2D eigenvalue weighted by molar-refractivity contribution is -0.135. The van der Waals surface area contributed by atoms with Crippen LogP contribution in [-0.2, 0) is 9.59 Å². The zero-order valence-electron chi connectivity index (χ0n) is 11.6. The molecule has 0 bridgehead atoms. The fourth-order valence-corrected chi connectivity index (χ4v) is 2.19. The Hall–Kier alpha value is -1.98. The molecule has 0 aliphatic carbocycles. The van der Waals surface area contributed by atoms with E-state index in [0.717, 1.165) is 17.0 Å². The first-order chi connectivity index (χ1) is 9.28. The minimum atomic E-state index is -1.09. The summed E-state index contributed by atoms with van der Waals surface area (Å²) in [6.45, 7) is 4.44. The first kappa shape index (κ1) is 14.4. The summed E-state index contributed by atoms with van der Waals surface area (Å²) >= 11 is 0. The lowest BCUT2D eigenvalue weighted by Gasteiger charge is -2.39. The van der Waals surface area contributed by atoms with E-state index >= 15 is 0 Å². The van der Waals surface area contributed by atoms with Crippen LogP contribution < -0.4 is 10.2 Å². The molecule has 0 radical (unpaired) electrons. The first-order valence-corrected chi connectivity index (χ1v) is 6.37. The summed E-state index contributed by atoms with van der Waals surface area (Å²) in [5.74, 6) is -2.17. The van der Waals surface area contributed by atoms with Crippen molar-refractivity contribution in [2.45, 2.75) is 32.7 Å². The van der Waals surface area contributed by atoms with E-state index in [1.54, 1.807) is 13.8 Å². The van der Waals surface area contributed by atoms with Crippen LogP contribution in [0.5, 0.6) is 0 Å². The molecule has 1 unspecified atom stereocenters. The Kier molecular flexibility index (Phi) is 3.50. The third-order valence-corrected chi connectivity index (χ3v) is 3.66. The molecule has 2 rings (SSSR count). The van der Waals surface area contributed by atoms with Gasteiger partial charge in [0, 0.05) is 6.07 Å². The Morgan fingerprint density at radius 2 is 1.95 bits per heavy atom. The Morgan fingerprint density at radius 1 is 1.30 bits per heavy atom. The molecular weight excluding hydrogens is 266 g/mol. The van der Waals surface area contributed by atoms with Gasteiger partial charge in [-0.2, -0.15) is 0 Å². The third-order valence-electron chi connectivity index (χ3n) is 3.66. The van der Waals surface area contributed by atoms with Crippen LogP contribution in [0.15, 0.2) is 12.1 Å². The summed E-state index contributed by atoms with van der Waals surface area (Å²) in [5.41, 5.74) is -1.14. The molecule has 1 fully saturated rings. The van der Waals surface area contributed by atoms with E-state index in [4.69, 9.17) is 0 Å². The van der Waals surface area contributed by atoms with Crippen LogP contribution in [0.3, 0.4) is 0 Å². The number of piperazine rings is 1. The van der Waals surface area contributed by atoms with Gasteiger partial charge >= 0.3 is 0 Å². The number of benzene rings is 1. The van der Waals surface area contributed by atoms with Crippen LogP contribution in [0.2, 0.25) is 0 Å². The molecule has 1 aliphatic rings. The number of amides is 2. The Bertz CT molecular complexity index is 589. The highest BCUT2D eigenvalue weighted by molar-refractivity contribution is 6.08. The van der Waals surface area contributed by atoms with Gasteiger partial charge in [-0.15, -0.1) is 0 Å². The van der Waals surface area contributed by atoms with Gasteiger partial charge in [0.1, 0.15) is 23.7 Å². The van der Waals surface area contributed by atoms with E-state index in [-0.39, 0.29) is 17.8 Å². The first-order valence-electron chi connectivity index (χ1n) is 6.37. The second-order valence-corrected chi connectivity index (χ2v) is 5.18. The number of hydrogen-bond donors (Lipinski definition) is 1. The van der Waals surface area contributed by atoms with Crippen molar-refractivity contribution in [2.75, 3.05) is 11.4 Å². The van der Waals surface area contributed by atoms with E-state index in [1.165, 1.54) is 6.92 Å². The molecule has 0 spiro atoms. The van der Waals surface area contributed by atoms with E-state index in [9.17, 15) is 18.4 Å². The number of nitrogens with zero attached hydrogens (tertiary/aromatic N) is 1. The van der Waals surface area contributed by atoms with Crippen molar-refractivity contribution in [3.63, 3.8) is 0 Å². The molecule has 1 aromatic rings. The van der Waals surface area contributed by atoms with Gasteiger partial charge in [0.2, 0.25) is 5.91 Å². The van der Waals surface area contributed by atoms with Crippen molar-refractivity contribution in [3.05, 3.63) is 29.3 Å². The monoisotopic (exact) mass is 282 g/mol. The molecular formula is C14H16F2N2O2. The number of rotatable bonds is 2. The smallest absolute Gasteiger partial charge is 0.253 e. The summed E-state index contributed by atoms with van der Waals surface area (Å²) in [5, 5.41) is 2.59. The standard InChI is InChI=1S/C14H16F2N2O2/c1-4-14(3)13(20)18(7-12(19)17-14)11-6-9(15)8(2)5-10(11)16/h5-6H,4,7H2,1-3H3,(H,17,19). The number of anilines is 1. The minimum Gasteiger partial charge on any atom is -0.340 e. The molecule has 1 atom stereocenters. The highest BCUT2D eigenvalue weighted by Crippen LogP contribution is 2.28. The molecule has 6 heteroatoms. The Balaban J connectivity index is 2.49. The van der Waals surface area contributed by atoms with Crippen LogP contribution in [0, 0.1) is 18.6 Å². The summed E-state index contributed by atoms with van der Waals surface area (Å²) in [6, 6.07) is 1.98. The lowest BCUT2D eigenvalue weighted by Crippen LogP contribution is -2.65. The van der Waals surface area contributed by atoms with Gasteiger partial charge in [0.15, 0.2) is 0 Å². The number of halogens is 2. The predicted octanol–water partition coefficient (Wildman–Crippen LogP) is 1.90. The van der Waals surface area contributed by atoms with Gasteiger partial charge in [-0.1, -0.05) is 6.92 Å². The molecule has 2 amide bonds. The minimum absolute atomic E-state index is 0.151. The predicted molar refractivity (Wildman–Crippen MR) is 70.3 cm³/mol. The van der Waals surface area contributed by atoms with Gasteiger partial charge in [-0.3, -0.25) is 14.5 Å². The van der Waals surface area contributed by atoms with Gasteiger partial charge < -0.3 is 5.32 Å². The number of carbonyl (C=O) groups excluding carboxylic acids is 2. The van der Waals surface area contributed by atoms with Gasteiger partial charge in [-0.25, -0.2) is 8.78 Å². The Morgan fingerprint density at radius 3 is 2.55 bits per heavy atom. The molecule has 20 heavy (non-hydrogen) atoms. The number of carbonyl (C=O) groups is 2. The van der Waals surface area contributed by atoms with Crippen molar-refractivity contribution >= 4 is 17.5 Å². The summed E-state index contributed by atoms with van der Waals surface area (Å²) in [7, 11) is 0. The average molecular weight is 282 g/mol. The van der Waals surface area contributed by atoms with E-state index in [2.05, 4.69) is 5.32 Å². The molecule has 0 aromatic heterocycles. The van der Waals surface area contributed by atoms with Crippen molar-refractivity contribution in [2.24, 2.45) is 0 Å². The van der Waals surface area contributed by atoms with Crippen LogP contribution in [0.25, 0.3) is 0 Å². The second-order valence-electron chi connectivity index (χ2n) is 5.18. The molecule has 1 aliphatic heterocycles. The molecule has 1 heterocycles. The van der Waals surface area contributed by atoms with E-state index < -0.39 is 29.0 Å². The third kappa shape index (κ3) is 2.26. The van der Waals surface area contributed by atoms with Crippen molar-refractivity contribution in [1.82, 2.24) is 5.32 Å². The highest BCUT2D eigenvalue weighted by atomic mass is 19.1. The largest absolute Gasteiger partial charge is 0.340 e. The SMILES string of the molecule is CCC1(C)NC(=O)CN(c2cc(F)c(C)cc2F)C1=O. The van der Waals surface area contributed by atoms with Crippen molar-refractivity contribution in [3.8, 4) is 0 Å². The molecule has 1 saturated heterocycles. The number of nitrogens with one attached hydrogen (secondary N) is 1. The van der Waals surface area contributed by atoms with Crippen LogP contribution in [-0.4, -0.2) is 23.9 Å². The molecule has 1 aromatic carbocycles. The molecule has 4 nitrogen and oxygen atoms in total. The van der Waals surface area contributed by atoms with E-state index in [0.29, 0.717) is 6.42 Å². The second kappa shape index (κ2) is 4.85. The maximum atomic E-state index is 14.0. The summed E-state index contributed by atoms with van der Waals surface area (Å²) in [6.07, 6.45) is 0.365. The summed E-state index contributed by atoms with van der Waals surface area (Å²) in [4.78, 5) is 25.1. The maximum Gasteiger partial charge on any atom is 0.253 e. The van der Waals surface area contributed by atoms with Gasteiger partial charge in [-0.05, 0) is 31.9 Å². The molecule has 108 valence electrons. The highest BCUT2D eigenvalue weighted by Gasteiger charge is 2.42. The fourth-order valence-electron chi connectivity index (χ4n) is 2.19. The quantitative estimate of drug-likeness (QED) is 0.900. The Labute approximate surface area is 115 Å². The average Bonchev–Trinajstić information content (AvgIpc) is 2.38. The molecule has 1 N–H and O–H groups in total. The van der Waals surface area contributed by atoms with Gasteiger partial charge in [0.05, 0.1) is 5.69 Å². The number of hydrogen-bond acceptors (Lipinski definition) is 2. The van der Waals surface area contributed by atoms with Crippen LogP contribution in [0.4, 0.5) is 14.5 Å². The maximum absolute atomic E-state index is 14.0. The normalized spacial score (nSPS) is 22.9. The zero-order chi connectivity index (χ0) is 15.1. The van der Waals surface area contributed by atoms with Gasteiger partial charge in [0.25, 0.3) is 5.91 Å². The number of aryl methyl sites for hydroxylation is 1. The van der Waals surface area contributed by atoms with E-state index in [1.807, 2.05) is 0 Å².